The highest BCUT2D eigenvalue weighted by Crippen LogP contribution is 2.11. The molecular weight excluding hydrogens is 184 g/mol. The molecule has 0 amide bonds. The molecule has 0 fully saturated rings. The van der Waals surface area contributed by atoms with Gasteiger partial charge in [0.2, 0.25) is 0 Å². The molecule has 14 heavy (non-hydrogen) atoms. The van der Waals surface area contributed by atoms with Gasteiger partial charge in [0.05, 0.1) is 12.5 Å². The van der Waals surface area contributed by atoms with Gasteiger partial charge in [0.25, 0.3) is 0 Å². The molecule has 0 aromatic carbocycles. The quantitative estimate of drug-likeness (QED) is 0.751. The second-order valence-electron chi connectivity index (χ2n) is 3.24. The molecule has 0 spiro atoms. The fourth-order valence-corrected chi connectivity index (χ4v) is 1.28. The van der Waals surface area contributed by atoms with Crippen LogP contribution in [0.2, 0.25) is 0 Å². The van der Waals surface area contributed by atoms with Crippen molar-refractivity contribution in [3.05, 3.63) is 5.82 Å². The van der Waals surface area contributed by atoms with E-state index in [4.69, 9.17) is 5.11 Å². The second-order valence-corrected chi connectivity index (χ2v) is 3.24. The number of carboxylic acid groups (broad SMARTS) is 1. The van der Waals surface area contributed by atoms with Gasteiger partial charge in [-0.15, -0.1) is 5.10 Å². The number of aryl methyl sites for hydroxylation is 1. The summed E-state index contributed by atoms with van der Waals surface area (Å²) in [6.45, 7) is 3.82. The molecule has 6 nitrogen and oxygen atoms in total. The third-order valence-electron chi connectivity index (χ3n) is 1.92. The standard InChI is InChI=1S/C8H14N4O2/c1-3-4-7-9-10-11-12(7)6(2)5-8(13)14/h6H,3-5H2,1-2H3,(H,13,14). The summed E-state index contributed by atoms with van der Waals surface area (Å²) in [6, 6.07) is -0.191. The number of aromatic nitrogens is 4. The van der Waals surface area contributed by atoms with Crippen LogP contribution in [0, 0.1) is 0 Å². The molecule has 1 unspecified atom stereocenters. The van der Waals surface area contributed by atoms with E-state index in [1.165, 1.54) is 0 Å². The predicted molar refractivity (Wildman–Crippen MR) is 48.8 cm³/mol. The van der Waals surface area contributed by atoms with Crippen LogP contribution in [-0.2, 0) is 11.2 Å². The topological polar surface area (TPSA) is 80.9 Å². The summed E-state index contributed by atoms with van der Waals surface area (Å²) in [5.41, 5.74) is 0. The molecule has 0 aliphatic carbocycles. The average Bonchev–Trinajstić information content (AvgIpc) is 2.51. The van der Waals surface area contributed by atoms with Crippen LogP contribution in [0.3, 0.4) is 0 Å². The highest BCUT2D eigenvalue weighted by atomic mass is 16.4. The number of hydrogen-bond donors (Lipinski definition) is 1. The van der Waals surface area contributed by atoms with Gasteiger partial charge in [0, 0.05) is 6.42 Å². The van der Waals surface area contributed by atoms with Crippen LogP contribution in [0.5, 0.6) is 0 Å². The van der Waals surface area contributed by atoms with Crippen molar-refractivity contribution in [1.29, 1.82) is 0 Å². The lowest BCUT2D eigenvalue weighted by molar-refractivity contribution is -0.137. The van der Waals surface area contributed by atoms with Gasteiger partial charge in [-0.2, -0.15) is 0 Å². The molecule has 0 aliphatic rings. The Morgan fingerprint density at radius 3 is 2.93 bits per heavy atom. The van der Waals surface area contributed by atoms with Gasteiger partial charge >= 0.3 is 5.97 Å². The largest absolute Gasteiger partial charge is 0.481 e. The summed E-state index contributed by atoms with van der Waals surface area (Å²) < 4.78 is 1.58. The maximum atomic E-state index is 10.5. The monoisotopic (exact) mass is 198 g/mol. The molecule has 0 saturated carbocycles. The number of carbonyl (C=O) groups is 1. The SMILES string of the molecule is CCCc1nnnn1C(C)CC(=O)O. The number of nitrogens with zero attached hydrogens (tertiary/aromatic N) is 4. The van der Waals surface area contributed by atoms with Crippen LogP contribution >= 0.6 is 0 Å². The fraction of sp³-hybridized carbons (Fsp3) is 0.750. The highest BCUT2D eigenvalue weighted by molar-refractivity contribution is 5.67. The van der Waals surface area contributed by atoms with E-state index in [1.54, 1.807) is 11.6 Å². The molecular formula is C8H14N4O2. The van der Waals surface area contributed by atoms with Crippen LogP contribution in [-0.4, -0.2) is 31.3 Å². The Hall–Kier alpha value is -1.46. The van der Waals surface area contributed by atoms with Gasteiger partial charge in [0.1, 0.15) is 0 Å². The van der Waals surface area contributed by atoms with E-state index in [9.17, 15) is 4.79 Å². The number of carboxylic acids is 1. The van der Waals surface area contributed by atoms with E-state index in [0.29, 0.717) is 0 Å². The second kappa shape index (κ2) is 4.69. The van der Waals surface area contributed by atoms with Crippen LogP contribution in [0.4, 0.5) is 0 Å². The minimum atomic E-state index is -0.838. The fourth-order valence-electron chi connectivity index (χ4n) is 1.28. The first-order valence-corrected chi connectivity index (χ1v) is 4.63. The first kappa shape index (κ1) is 10.6. The molecule has 0 saturated heterocycles. The number of tetrazole rings is 1. The van der Waals surface area contributed by atoms with E-state index >= 15 is 0 Å². The third kappa shape index (κ3) is 2.51. The van der Waals surface area contributed by atoms with Crippen molar-refractivity contribution in [3.63, 3.8) is 0 Å². The Labute approximate surface area is 81.9 Å². The van der Waals surface area contributed by atoms with Crippen molar-refractivity contribution in [1.82, 2.24) is 20.2 Å². The van der Waals surface area contributed by atoms with E-state index in [0.717, 1.165) is 18.7 Å². The minimum absolute atomic E-state index is 0.0434. The van der Waals surface area contributed by atoms with Crippen LogP contribution in [0.1, 0.15) is 38.6 Å². The third-order valence-corrected chi connectivity index (χ3v) is 1.92. The van der Waals surface area contributed by atoms with E-state index in [2.05, 4.69) is 15.5 Å². The molecule has 0 aliphatic heterocycles. The van der Waals surface area contributed by atoms with E-state index in [1.807, 2.05) is 6.92 Å². The summed E-state index contributed by atoms with van der Waals surface area (Å²) in [7, 11) is 0. The molecule has 1 N–H and O–H groups in total. The Morgan fingerprint density at radius 1 is 1.64 bits per heavy atom. The molecule has 1 aromatic rings. The van der Waals surface area contributed by atoms with Crippen molar-refractivity contribution in [2.75, 3.05) is 0 Å². The number of rotatable bonds is 5. The Kier molecular flexibility index (Phi) is 3.55. The molecule has 0 radical (unpaired) electrons. The van der Waals surface area contributed by atoms with Gasteiger partial charge in [-0.05, 0) is 23.8 Å². The highest BCUT2D eigenvalue weighted by Gasteiger charge is 2.14. The van der Waals surface area contributed by atoms with Gasteiger partial charge in [-0.1, -0.05) is 6.92 Å². The summed E-state index contributed by atoms with van der Waals surface area (Å²) in [6.07, 6.45) is 1.76. The van der Waals surface area contributed by atoms with Gasteiger partial charge in [-0.25, -0.2) is 4.68 Å². The maximum Gasteiger partial charge on any atom is 0.305 e. The number of aliphatic carboxylic acids is 1. The molecule has 6 heteroatoms. The van der Waals surface area contributed by atoms with Crippen molar-refractivity contribution in [2.24, 2.45) is 0 Å². The molecule has 1 atom stereocenters. The zero-order valence-electron chi connectivity index (χ0n) is 8.34. The lowest BCUT2D eigenvalue weighted by Crippen LogP contribution is -2.14. The lowest BCUT2D eigenvalue weighted by Gasteiger charge is -2.09. The lowest BCUT2D eigenvalue weighted by atomic mass is 10.2. The van der Waals surface area contributed by atoms with Crippen molar-refractivity contribution in [2.45, 2.75) is 39.2 Å². The summed E-state index contributed by atoms with van der Waals surface area (Å²) in [5, 5.41) is 19.8. The van der Waals surface area contributed by atoms with Crippen LogP contribution < -0.4 is 0 Å². The summed E-state index contributed by atoms with van der Waals surface area (Å²) >= 11 is 0. The molecule has 1 rings (SSSR count). The average molecular weight is 198 g/mol. The number of hydrogen-bond acceptors (Lipinski definition) is 4. The van der Waals surface area contributed by atoms with Gasteiger partial charge < -0.3 is 5.11 Å². The van der Waals surface area contributed by atoms with Crippen molar-refractivity contribution < 1.29 is 9.90 Å². The summed E-state index contributed by atoms with van der Waals surface area (Å²) in [5.74, 6) is -0.0864. The molecule has 78 valence electrons. The van der Waals surface area contributed by atoms with E-state index < -0.39 is 5.97 Å². The Bertz CT molecular complexity index is 310. The van der Waals surface area contributed by atoms with Gasteiger partial charge in [-0.3, -0.25) is 4.79 Å². The van der Waals surface area contributed by atoms with Crippen LogP contribution in [0.15, 0.2) is 0 Å². The first-order valence-electron chi connectivity index (χ1n) is 4.63. The first-order chi connectivity index (χ1) is 6.65. The molecule has 1 aromatic heterocycles. The smallest absolute Gasteiger partial charge is 0.305 e. The molecule has 0 bridgehead atoms. The normalized spacial score (nSPS) is 12.7. The summed E-state index contributed by atoms with van der Waals surface area (Å²) in [4.78, 5) is 10.5. The maximum absolute atomic E-state index is 10.5. The zero-order chi connectivity index (χ0) is 10.6. The zero-order valence-corrected chi connectivity index (χ0v) is 8.34. The van der Waals surface area contributed by atoms with E-state index in [-0.39, 0.29) is 12.5 Å². The molecule has 1 heterocycles. The minimum Gasteiger partial charge on any atom is -0.481 e. The van der Waals surface area contributed by atoms with Gasteiger partial charge in [0.15, 0.2) is 5.82 Å². The Balaban J connectivity index is 2.72. The Morgan fingerprint density at radius 2 is 2.36 bits per heavy atom. The van der Waals surface area contributed by atoms with Crippen LogP contribution in [0.25, 0.3) is 0 Å². The predicted octanol–water partition coefficient (Wildman–Crippen LogP) is 0.661. The van der Waals surface area contributed by atoms with Crippen molar-refractivity contribution >= 4 is 5.97 Å². The van der Waals surface area contributed by atoms with Crippen molar-refractivity contribution in [3.8, 4) is 0 Å².